The minimum atomic E-state index is -1.41. The molecule has 0 radical (unpaired) electrons. The first kappa shape index (κ1) is 21.4. The van der Waals surface area contributed by atoms with Crippen LogP contribution in [0.2, 0.25) is 5.02 Å². The molecular formula is C21H23ClF3N3O. The number of rotatable bonds is 5. The number of carbonyl (C=O) groups excluding carboxylic acids is 1. The standard InChI is InChI=1S/C21H23ClF3N3O/c1-11-7-8-26-15(9-11)27-10-13-3-5-14(6-4-13)28-21(29)16-17(22)20(25)19(24)12(2)18(16)23/h7-9,13-14H,3-6,10H2,1-2H3,(H,26,27)(H,28,29). The van der Waals surface area contributed by atoms with Gasteiger partial charge in [-0.2, -0.15) is 0 Å². The van der Waals surface area contributed by atoms with Crippen LogP contribution in [0.5, 0.6) is 0 Å². The molecule has 0 bridgehead atoms. The lowest BCUT2D eigenvalue weighted by atomic mass is 9.86. The molecule has 3 rings (SSSR count). The second-order valence-corrected chi connectivity index (χ2v) is 7.92. The highest BCUT2D eigenvalue weighted by Gasteiger charge is 2.29. The Morgan fingerprint density at radius 1 is 1.14 bits per heavy atom. The number of amides is 1. The molecule has 1 aliphatic rings. The number of nitrogens with zero attached hydrogens (tertiary/aromatic N) is 1. The molecule has 8 heteroatoms. The van der Waals surface area contributed by atoms with Crippen LogP contribution in [0.3, 0.4) is 0 Å². The van der Waals surface area contributed by atoms with Crippen LogP contribution in [0, 0.1) is 37.2 Å². The highest BCUT2D eigenvalue weighted by atomic mass is 35.5. The molecule has 1 aromatic carbocycles. The molecule has 4 nitrogen and oxygen atoms in total. The Hall–Kier alpha value is -2.28. The number of aromatic nitrogens is 1. The molecule has 1 fully saturated rings. The van der Waals surface area contributed by atoms with E-state index in [0.29, 0.717) is 18.8 Å². The number of hydrogen-bond donors (Lipinski definition) is 2. The van der Waals surface area contributed by atoms with E-state index in [2.05, 4.69) is 15.6 Å². The van der Waals surface area contributed by atoms with Crippen LogP contribution < -0.4 is 10.6 Å². The van der Waals surface area contributed by atoms with Gasteiger partial charge in [-0.1, -0.05) is 11.6 Å². The number of hydrogen-bond acceptors (Lipinski definition) is 3. The van der Waals surface area contributed by atoms with Gasteiger partial charge in [0.05, 0.1) is 10.6 Å². The van der Waals surface area contributed by atoms with Crippen molar-refractivity contribution >= 4 is 23.3 Å². The predicted molar refractivity (Wildman–Crippen MR) is 107 cm³/mol. The predicted octanol–water partition coefficient (Wildman–Crippen LogP) is 5.17. The van der Waals surface area contributed by atoms with Crippen LogP contribution in [0.15, 0.2) is 18.3 Å². The average Bonchev–Trinajstić information content (AvgIpc) is 2.70. The maximum atomic E-state index is 14.3. The van der Waals surface area contributed by atoms with Gasteiger partial charge in [0, 0.05) is 24.3 Å². The molecule has 1 aliphatic carbocycles. The van der Waals surface area contributed by atoms with Crippen molar-refractivity contribution in [1.82, 2.24) is 10.3 Å². The van der Waals surface area contributed by atoms with Crippen LogP contribution in [0.1, 0.15) is 47.2 Å². The Kier molecular flexibility index (Phi) is 6.67. The minimum absolute atomic E-state index is 0.167. The van der Waals surface area contributed by atoms with Gasteiger partial charge in [-0.05, 0) is 63.1 Å². The molecule has 0 spiro atoms. The highest BCUT2D eigenvalue weighted by molar-refractivity contribution is 6.34. The fourth-order valence-electron chi connectivity index (χ4n) is 3.60. The number of aryl methyl sites for hydroxylation is 1. The van der Waals surface area contributed by atoms with Gasteiger partial charge in [0.1, 0.15) is 11.6 Å². The Labute approximate surface area is 172 Å². The van der Waals surface area contributed by atoms with E-state index in [1.165, 1.54) is 0 Å². The summed E-state index contributed by atoms with van der Waals surface area (Å²) in [6, 6.07) is 3.75. The van der Waals surface area contributed by atoms with Crippen molar-refractivity contribution in [3.05, 3.63) is 57.5 Å². The third kappa shape index (κ3) is 4.83. The van der Waals surface area contributed by atoms with E-state index in [1.807, 2.05) is 19.1 Å². The summed E-state index contributed by atoms with van der Waals surface area (Å²) in [5.74, 6) is -3.47. The summed E-state index contributed by atoms with van der Waals surface area (Å²) < 4.78 is 41.7. The molecule has 0 saturated heterocycles. The number of anilines is 1. The zero-order chi connectivity index (χ0) is 21.1. The van der Waals surface area contributed by atoms with E-state index in [1.54, 1.807) is 6.20 Å². The van der Waals surface area contributed by atoms with E-state index in [0.717, 1.165) is 37.7 Å². The molecule has 0 aliphatic heterocycles. The lowest BCUT2D eigenvalue weighted by molar-refractivity contribution is 0.0918. The van der Waals surface area contributed by atoms with Gasteiger partial charge in [0.2, 0.25) is 0 Å². The molecule has 0 atom stereocenters. The monoisotopic (exact) mass is 425 g/mol. The van der Waals surface area contributed by atoms with Gasteiger partial charge >= 0.3 is 0 Å². The van der Waals surface area contributed by atoms with Gasteiger partial charge in [-0.25, -0.2) is 18.2 Å². The zero-order valence-electron chi connectivity index (χ0n) is 16.3. The SMILES string of the molecule is Cc1ccnc(NCC2CCC(NC(=O)c3c(F)c(C)c(F)c(F)c3Cl)CC2)c1. The summed E-state index contributed by atoms with van der Waals surface area (Å²) in [6.45, 7) is 3.85. The quantitative estimate of drug-likeness (QED) is 0.513. The Balaban J connectivity index is 1.55. The van der Waals surface area contributed by atoms with Crippen molar-refractivity contribution in [2.24, 2.45) is 5.92 Å². The maximum absolute atomic E-state index is 14.3. The average molecular weight is 426 g/mol. The van der Waals surface area contributed by atoms with Gasteiger partial charge in [0.25, 0.3) is 5.91 Å². The molecular weight excluding hydrogens is 403 g/mol. The molecule has 0 unspecified atom stereocenters. The first-order valence-corrected chi connectivity index (χ1v) is 9.95. The Morgan fingerprint density at radius 3 is 2.48 bits per heavy atom. The number of benzene rings is 1. The van der Waals surface area contributed by atoms with Crippen molar-refractivity contribution in [3.63, 3.8) is 0 Å². The van der Waals surface area contributed by atoms with Gasteiger partial charge in [-0.15, -0.1) is 0 Å². The van der Waals surface area contributed by atoms with E-state index in [-0.39, 0.29) is 6.04 Å². The lowest BCUT2D eigenvalue weighted by Gasteiger charge is -2.29. The molecule has 2 aromatic rings. The number of nitrogens with one attached hydrogen (secondary N) is 2. The van der Waals surface area contributed by atoms with Crippen molar-refractivity contribution < 1.29 is 18.0 Å². The summed E-state index contributed by atoms with van der Waals surface area (Å²) >= 11 is 5.69. The Morgan fingerprint density at radius 2 is 1.83 bits per heavy atom. The summed E-state index contributed by atoms with van der Waals surface area (Å²) in [4.78, 5) is 16.7. The molecule has 1 amide bonds. The van der Waals surface area contributed by atoms with Crippen molar-refractivity contribution in [1.29, 1.82) is 0 Å². The third-order valence-electron chi connectivity index (χ3n) is 5.38. The van der Waals surface area contributed by atoms with Crippen molar-refractivity contribution in [3.8, 4) is 0 Å². The molecule has 1 aromatic heterocycles. The lowest BCUT2D eigenvalue weighted by Crippen LogP contribution is -2.39. The highest BCUT2D eigenvalue weighted by Crippen LogP contribution is 2.30. The van der Waals surface area contributed by atoms with Crippen LogP contribution in [-0.2, 0) is 0 Å². The normalized spacial score (nSPS) is 19.1. The third-order valence-corrected chi connectivity index (χ3v) is 5.73. The summed E-state index contributed by atoms with van der Waals surface area (Å²) in [5, 5.41) is 5.21. The smallest absolute Gasteiger partial charge is 0.256 e. The number of halogens is 4. The molecule has 2 N–H and O–H groups in total. The van der Waals surface area contributed by atoms with E-state index < -0.39 is 39.5 Å². The Bertz CT molecular complexity index is 885. The second kappa shape index (κ2) is 9.03. The first-order valence-electron chi connectivity index (χ1n) is 9.57. The van der Waals surface area contributed by atoms with E-state index in [4.69, 9.17) is 11.6 Å². The maximum Gasteiger partial charge on any atom is 0.256 e. The molecule has 1 saturated carbocycles. The van der Waals surface area contributed by atoms with Crippen molar-refractivity contribution in [2.75, 3.05) is 11.9 Å². The van der Waals surface area contributed by atoms with E-state index >= 15 is 0 Å². The first-order chi connectivity index (χ1) is 13.8. The van der Waals surface area contributed by atoms with Crippen molar-refractivity contribution in [2.45, 2.75) is 45.6 Å². The molecule has 29 heavy (non-hydrogen) atoms. The topological polar surface area (TPSA) is 54.0 Å². The number of carbonyl (C=O) groups is 1. The fraction of sp³-hybridized carbons (Fsp3) is 0.429. The minimum Gasteiger partial charge on any atom is -0.370 e. The fourth-order valence-corrected chi connectivity index (χ4v) is 3.85. The molecule has 1 heterocycles. The van der Waals surface area contributed by atoms with Crippen LogP contribution in [0.4, 0.5) is 19.0 Å². The van der Waals surface area contributed by atoms with E-state index in [9.17, 15) is 18.0 Å². The largest absolute Gasteiger partial charge is 0.370 e. The second-order valence-electron chi connectivity index (χ2n) is 7.55. The van der Waals surface area contributed by atoms with Crippen LogP contribution in [-0.4, -0.2) is 23.5 Å². The zero-order valence-corrected chi connectivity index (χ0v) is 17.0. The van der Waals surface area contributed by atoms with Gasteiger partial charge in [0.15, 0.2) is 11.6 Å². The summed E-state index contributed by atoms with van der Waals surface area (Å²) in [5.41, 5.74) is -0.0683. The van der Waals surface area contributed by atoms with Crippen LogP contribution in [0.25, 0.3) is 0 Å². The van der Waals surface area contributed by atoms with Gasteiger partial charge < -0.3 is 10.6 Å². The number of pyridine rings is 1. The summed E-state index contributed by atoms with van der Waals surface area (Å²) in [7, 11) is 0. The van der Waals surface area contributed by atoms with Crippen LogP contribution >= 0.6 is 11.6 Å². The molecule has 156 valence electrons. The van der Waals surface area contributed by atoms with Gasteiger partial charge in [-0.3, -0.25) is 4.79 Å². The summed E-state index contributed by atoms with van der Waals surface area (Å²) in [6.07, 6.45) is 4.92.